The predicted octanol–water partition coefficient (Wildman–Crippen LogP) is 3.88. The molecule has 2 aromatic heterocycles. The maximum Gasteiger partial charge on any atom is 0.184 e. The fourth-order valence-electron chi connectivity index (χ4n) is 3.19. The average Bonchev–Trinajstić information content (AvgIpc) is 3.13. The van der Waals surface area contributed by atoms with Gasteiger partial charge in [0.15, 0.2) is 17.0 Å². The van der Waals surface area contributed by atoms with Crippen molar-refractivity contribution in [3.63, 3.8) is 0 Å². The number of fused-ring (bicyclic) bond motifs is 1. The zero-order chi connectivity index (χ0) is 19.2. The molecule has 0 saturated heterocycles. The SMILES string of the molecule is CCCc1nc(NCCc2ccccc2)c2nnn(Cc3ccccc3)c2n1. The highest BCUT2D eigenvalue weighted by Crippen LogP contribution is 2.19. The molecule has 0 radical (unpaired) electrons. The van der Waals surface area contributed by atoms with Crippen molar-refractivity contribution in [1.29, 1.82) is 0 Å². The molecule has 0 spiro atoms. The first-order chi connectivity index (χ1) is 13.8. The Bertz CT molecular complexity index is 1030. The molecule has 0 atom stereocenters. The van der Waals surface area contributed by atoms with Gasteiger partial charge < -0.3 is 5.32 Å². The third-order valence-electron chi connectivity index (χ3n) is 4.61. The van der Waals surface area contributed by atoms with E-state index in [1.807, 2.05) is 28.9 Å². The fraction of sp³-hybridized carbons (Fsp3) is 0.273. The molecule has 28 heavy (non-hydrogen) atoms. The summed E-state index contributed by atoms with van der Waals surface area (Å²) >= 11 is 0. The van der Waals surface area contributed by atoms with Crippen LogP contribution in [0.25, 0.3) is 11.2 Å². The summed E-state index contributed by atoms with van der Waals surface area (Å²) in [5, 5.41) is 12.2. The lowest BCUT2D eigenvalue weighted by atomic mass is 10.1. The maximum atomic E-state index is 4.73. The summed E-state index contributed by atoms with van der Waals surface area (Å²) in [5.41, 5.74) is 3.97. The number of rotatable bonds is 8. The van der Waals surface area contributed by atoms with Crippen molar-refractivity contribution < 1.29 is 0 Å². The Morgan fingerprint density at radius 1 is 0.857 bits per heavy atom. The molecule has 0 amide bonds. The van der Waals surface area contributed by atoms with Crippen LogP contribution in [-0.4, -0.2) is 31.5 Å². The molecule has 0 aliphatic carbocycles. The lowest BCUT2D eigenvalue weighted by Gasteiger charge is -2.09. The number of hydrogen-bond donors (Lipinski definition) is 1. The van der Waals surface area contributed by atoms with Gasteiger partial charge in [-0.05, 0) is 24.0 Å². The van der Waals surface area contributed by atoms with Crippen LogP contribution < -0.4 is 5.32 Å². The molecule has 0 fully saturated rings. The van der Waals surface area contributed by atoms with Gasteiger partial charge in [0.2, 0.25) is 0 Å². The van der Waals surface area contributed by atoms with E-state index in [0.717, 1.165) is 48.6 Å². The maximum absolute atomic E-state index is 4.73. The molecule has 4 aromatic rings. The number of nitrogens with one attached hydrogen (secondary N) is 1. The van der Waals surface area contributed by atoms with Gasteiger partial charge in [0.05, 0.1) is 6.54 Å². The normalized spacial score (nSPS) is 11.0. The smallest absolute Gasteiger partial charge is 0.184 e. The summed E-state index contributed by atoms with van der Waals surface area (Å²) in [7, 11) is 0. The van der Waals surface area contributed by atoms with Crippen molar-refractivity contribution in [2.75, 3.05) is 11.9 Å². The van der Waals surface area contributed by atoms with Gasteiger partial charge >= 0.3 is 0 Å². The van der Waals surface area contributed by atoms with E-state index in [2.05, 4.69) is 59.0 Å². The highest BCUT2D eigenvalue weighted by Gasteiger charge is 2.14. The molecule has 0 saturated carbocycles. The molecule has 0 aliphatic rings. The van der Waals surface area contributed by atoms with Crippen LogP contribution in [0.15, 0.2) is 60.7 Å². The number of hydrogen-bond acceptors (Lipinski definition) is 5. The van der Waals surface area contributed by atoms with Crippen LogP contribution in [0.5, 0.6) is 0 Å². The van der Waals surface area contributed by atoms with Gasteiger partial charge in [-0.2, -0.15) is 0 Å². The monoisotopic (exact) mass is 372 g/mol. The van der Waals surface area contributed by atoms with Crippen molar-refractivity contribution in [1.82, 2.24) is 25.0 Å². The van der Waals surface area contributed by atoms with Crippen LogP contribution in [0, 0.1) is 0 Å². The van der Waals surface area contributed by atoms with Crippen LogP contribution in [-0.2, 0) is 19.4 Å². The molecule has 0 aliphatic heterocycles. The molecule has 1 N–H and O–H groups in total. The number of anilines is 1. The summed E-state index contributed by atoms with van der Waals surface area (Å²) in [6, 6.07) is 20.7. The van der Waals surface area contributed by atoms with Crippen LogP contribution in [0.2, 0.25) is 0 Å². The minimum absolute atomic E-state index is 0.642. The van der Waals surface area contributed by atoms with Gasteiger partial charge in [0.25, 0.3) is 0 Å². The summed E-state index contributed by atoms with van der Waals surface area (Å²) in [5.74, 6) is 1.59. The standard InChI is InChI=1S/C22H24N6/c1-2-9-19-24-21(23-15-14-17-10-5-3-6-11-17)20-22(25-19)28(27-26-20)16-18-12-7-4-8-13-18/h3-8,10-13H,2,9,14-16H2,1H3,(H,23,24,25). The van der Waals surface area contributed by atoms with E-state index in [1.54, 1.807) is 0 Å². The van der Waals surface area contributed by atoms with E-state index in [4.69, 9.17) is 9.97 Å². The molecular formula is C22H24N6. The van der Waals surface area contributed by atoms with Gasteiger partial charge in [-0.1, -0.05) is 72.8 Å². The molecule has 0 bridgehead atoms. The van der Waals surface area contributed by atoms with Crippen LogP contribution in [0.3, 0.4) is 0 Å². The summed E-state index contributed by atoms with van der Waals surface area (Å²) in [6.07, 6.45) is 2.75. The van der Waals surface area contributed by atoms with E-state index in [-0.39, 0.29) is 0 Å². The second-order valence-corrected chi connectivity index (χ2v) is 6.81. The number of aromatic nitrogens is 5. The van der Waals surface area contributed by atoms with E-state index >= 15 is 0 Å². The fourth-order valence-corrected chi connectivity index (χ4v) is 3.19. The molecule has 2 aromatic carbocycles. The highest BCUT2D eigenvalue weighted by atomic mass is 15.4. The quantitative estimate of drug-likeness (QED) is 0.508. The van der Waals surface area contributed by atoms with Gasteiger partial charge in [0, 0.05) is 13.0 Å². The first kappa shape index (κ1) is 18.1. The number of aryl methyl sites for hydroxylation is 1. The Balaban J connectivity index is 1.59. The minimum atomic E-state index is 0.642. The zero-order valence-corrected chi connectivity index (χ0v) is 16.0. The third-order valence-corrected chi connectivity index (χ3v) is 4.61. The zero-order valence-electron chi connectivity index (χ0n) is 16.0. The van der Waals surface area contributed by atoms with Crippen LogP contribution in [0.4, 0.5) is 5.82 Å². The number of benzene rings is 2. The number of nitrogens with zero attached hydrogens (tertiary/aromatic N) is 5. The van der Waals surface area contributed by atoms with E-state index in [9.17, 15) is 0 Å². The molecule has 4 rings (SSSR count). The second-order valence-electron chi connectivity index (χ2n) is 6.81. The lowest BCUT2D eigenvalue weighted by molar-refractivity contribution is 0.662. The summed E-state index contributed by atoms with van der Waals surface area (Å²) < 4.78 is 1.86. The van der Waals surface area contributed by atoms with Gasteiger partial charge in [0.1, 0.15) is 5.82 Å². The molecule has 142 valence electrons. The van der Waals surface area contributed by atoms with E-state index < -0.39 is 0 Å². The summed E-state index contributed by atoms with van der Waals surface area (Å²) in [4.78, 5) is 9.44. The predicted molar refractivity (Wildman–Crippen MR) is 111 cm³/mol. The third kappa shape index (κ3) is 4.17. The minimum Gasteiger partial charge on any atom is -0.368 e. The van der Waals surface area contributed by atoms with Crippen molar-refractivity contribution in [3.05, 3.63) is 77.6 Å². The Labute approximate surface area is 164 Å². The van der Waals surface area contributed by atoms with E-state index in [0.29, 0.717) is 6.54 Å². The van der Waals surface area contributed by atoms with Crippen molar-refractivity contribution in [2.45, 2.75) is 32.7 Å². The first-order valence-electron chi connectivity index (χ1n) is 9.75. The largest absolute Gasteiger partial charge is 0.368 e. The topological polar surface area (TPSA) is 68.5 Å². The molecule has 2 heterocycles. The molecule has 6 nitrogen and oxygen atoms in total. The Kier molecular flexibility index (Phi) is 5.56. The van der Waals surface area contributed by atoms with Gasteiger partial charge in [-0.3, -0.25) is 0 Å². The first-order valence-corrected chi connectivity index (χ1v) is 9.75. The Morgan fingerprint density at radius 3 is 2.29 bits per heavy atom. The van der Waals surface area contributed by atoms with Crippen molar-refractivity contribution >= 4 is 17.0 Å². The van der Waals surface area contributed by atoms with Crippen molar-refractivity contribution in [2.24, 2.45) is 0 Å². The van der Waals surface area contributed by atoms with Crippen LogP contribution >= 0.6 is 0 Å². The van der Waals surface area contributed by atoms with Crippen LogP contribution in [0.1, 0.15) is 30.3 Å². The highest BCUT2D eigenvalue weighted by molar-refractivity contribution is 5.82. The molecule has 0 unspecified atom stereocenters. The molecular weight excluding hydrogens is 348 g/mol. The van der Waals surface area contributed by atoms with Crippen molar-refractivity contribution in [3.8, 4) is 0 Å². The van der Waals surface area contributed by atoms with Gasteiger partial charge in [-0.25, -0.2) is 14.6 Å². The van der Waals surface area contributed by atoms with E-state index in [1.165, 1.54) is 11.1 Å². The average molecular weight is 372 g/mol. The lowest BCUT2D eigenvalue weighted by Crippen LogP contribution is -2.10. The Hall–Kier alpha value is -3.28. The summed E-state index contributed by atoms with van der Waals surface area (Å²) in [6.45, 7) is 3.56. The second kappa shape index (κ2) is 8.61. The van der Waals surface area contributed by atoms with Gasteiger partial charge in [-0.15, -0.1) is 5.10 Å². The Morgan fingerprint density at radius 2 is 1.57 bits per heavy atom. The molecule has 6 heteroatoms.